The summed E-state index contributed by atoms with van der Waals surface area (Å²) in [5.74, 6) is -4.06. The van der Waals surface area contributed by atoms with E-state index < -0.39 is 87.6 Å². The van der Waals surface area contributed by atoms with Crippen molar-refractivity contribution in [1.82, 2.24) is 20.4 Å². The van der Waals surface area contributed by atoms with E-state index in [9.17, 15) is 57.5 Å². The molecule has 20 heteroatoms. The predicted octanol–water partition coefficient (Wildman–Crippen LogP) is 9.68. The summed E-state index contributed by atoms with van der Waals surface area (Å²) in [5.41, 5.74) is -8.76. The van der Waals surface area contributed by atoms with Gasteiger partial charge >= 0.3 is 30.7 Å². The third-order valence-electron chi connectivity index (χ3n) is 6.48. The van der Waals surface area contributed by atoms with Gasteiger partial charge in [-0.2, -0.15) is 52.7 Å². The fourth-order valence-electron chi connectivity index (χ4n) is 4.17. The van der Waals surface area contributed by atoms with E-state index in [4.69, 9.17) is 13.6 Å². The van der Waals surface area contributed by atoms with Crippen LogP contribution in [0.2, 0.25) is 0 Å². The molecule has 5 aromatic rings. The highest BCUT2D eigenvalue weighted by molar-refractivity contribution is 5.89. The Hall–Kier alpha value is -5.69. The number of hydrogen-bond acceptors (Lipinski definition) is 8. The van der Waals surface area contributed by atoms with Gasteiger partial charge in [0.05, 0.1) is 22.3 Å². The Morgan fingerprint density at radius 3 is 1.06 bits per heavy atom. The number of rotatable bonds is 6. The number of halogens is 12. The maximum atomic E-state index is 13.4. The topological polar surface area (TPSA) is 104 Å². The lowest BCUT2D eigenvalue weighted by Crippen LogP contribution is -2.11. The van der Waals surface area contributed by atoms with E-state index in [1.54, 1.807) is 0 Å². The van der Waals surface area contributed by atoms with Crippen LogP contribution in [-0.2, 0) is 29.5 Å². The normalized spacial score (nSPS) is 12.7. The molecule has 0 fully saturated rings. The standard InChI is InChI=1S/C30H14F12N4O4/c1-12(2)26(47)48-21-8-13(22-43-45-24(49-22)15-4-17(27(31,32)33)10-18(5-15)28(34,35)36)3-14(9-21)23-44-46-25(50-23)16-6-19(29(37,38)39)11-20(7-16)30(40,41)42/h3-11H,1H2,2H3. The van der Waals surface area contributed by atoms with Crippen LogP contribution in [0.15, 0.2) is 75.6 Å². The molecule has 8 nitrogen and oxygen atoms in total. The number of esters is 1. The van der Waals surface area contributed by atoms with Crippen molar-refractivity contribution in [3.63, 3.8) is 0 Å². The Morgan fingerprint density at radius 1 is 0.520 bits per heavy atom. The van der Waals surface area contributed by atoms with Crippen molar-refractivity contribution in [3.8, 4) is 51.6 Å². The fourth-order valence-corrected chi connectivity index (χ4v) is 4.17. The summed E-state index contributed by atoms with van der Waals surface area (Å²) >= 11 is 0. The first-order valence-corrected chi connectivity index (χ1v) is 13.3. The predicted molar refractivity (Wildman–Crippen MR) is 144 cm³/mol. The summed E-state index contributed by atoms with van der Waals surface area (Å²) in [7, 11) is 0. The maximum Gasteiger partial charge on any atom is 0.416 e. The summed E-state index contributed by atoms with van der Waals surface area (Å²) < 4.78 is 177. The van der Waals surface area contributed by atoms with Crippen molar-refractivity contribution in [3.05, 3.63) is 89.0 Å². The number of hydrogen-bond donors (Lipinski definition) is 0. The number of alkyl halides is 12. The third-order valence-corrected chi connectivity index (χ3v) is 6.48. The van der Waals surface area contributed by atoms with Crippen LogP contribution in [0.25, 0.3) is 45.8 Å². The zero-order valence-electron chi connectivity index (χ0n) is 24.4. The number of nitrogens with zero attached hydrogens (tertiary/aromatic N) is 4. The molecule has 3 aromatic carbocycles. The first-order chi connectivity index (χ1) is 23.0. The zero-order chi connectivity index (χ0) is 37.0. The molecule has 0 N–H and O–H groups in total. The van der Waals surface area contributed by atoms with Gasteiger partial charge in [-0.1, -0.05) is 6.58 Å². The minimum absolute atomic E-state index is 0.105. The Bertz CT molecular complexity index is 1910. The van der Waals surface area contributed by atoms with E-state index in [0.29, 0.717) is 24.3 Å². The minimum atomic E-state index is -5.19. The number of benzene rings is 3. The molecular formula is C30H14F12N4O4. The Balaban J connectivity index is 1.60. The zero-order valence-corrected chi connectivity index (χ0v) is 24.4. The van der Waals surface area contributed by atoms with Gasteiger partial charge in [-0.05, 0) is 61.5 Å². The maximum absolute atomic E-state index is 13.4. The van der Waals surface area contributed by atoms with Crippen LogP contribution < -0.4 is 4.74 Å². The summed E-state index contributed by atoms with van der Waals surface area (Å²) in [4.78, 5) is 12.2. The van der Waals surface area contributed by atoms with E-state index in [0.717, 1.165) is 18.2 Å². The molecule has 0 spiro atoms. The van der Waals surface area contributed by atoms with Crippen LogP contribution in [0, 0.1) is 0 Å². The second kappa shape index (κ2) is 12.3. The van der Waals surface area contributed by atoms with Gasteiger partial charge in [0, 0.05) is 27.8 Å². The van der Waals surface area contributed by atoms with Gasteiger partial charge in [-0.15, -0.1) is 20.4 Å². The average molecular weight is 722 g/mol. The van der Waals surface area contributed by atoms with Crippen LogP contribution in [0.3, 0.4) is 0 Å². The Labute approximate surface area is 270 Å². The third kappa shape index (κ3) is 7.78. The van der Waals surface area contributed by atoms with E-state index in [-0.39, 0.29) is 34.6 Å². The molecule has 0 saturated heterocycles. The SMILES string of the molecule is C=C(C)C(=O)Oc1cc(-c2nnc(-c3cc(C(F)(F)F)cc(C(F)(F)F)c3)o2)cc(-c2nnc(-c3cc(C(F)(F)F)cc(C(F)(F)F)c3)o2)c1. The van der Waals surface area contributed by atoms with E-state index in [2.05, 4.69) is 27.0 Å². The monoisotopic (exact) mass is 722 g/mol. The summed E-state index contributed by atoms with van der Waals surface area (Å²) in [6.07, 6.45) is -20.8. The van der Waals surface area contributed by atoms with Crippen molar-refractivity contribution in [2.75, 3.05) is 0 Å². The highest BCUT2D eigenvalue weighted by Gasteiger charge is 2.39. The van der Waals surface area contributed by atoms with Crippen molar-refractivity contribution < 1.29 is 71.1 Å². The van der Waals surface area contributed by atoms with Crippen molar-refractivity contribution in [2.24, 2.45) is 0 Å². The first kappa shape index (κ1) is 35.6. The van der Waals surface area contributed by atoms with Crippen molar-refractivity contribution in [2.45, 2.75) is 31.6 Å². The van der Waals surface area contributed by atoms with Gasteiger partial charge < -0.3 is 13.6 Å². The van der Waals surface area contributed by atoms with Crippen LogP contribution in [-0.4, -0.2) is 26.4 Å². The molecule has 0 bridgehead atoms. The quantitative estimate of drug-likeness (QED) is 0.0739. The average Bonchev–Trinajstić information content (AvgIpc) is 3.70. The van der Waals surface area contributed by atoms with E-state index in [1.807, 2.05) is 0 Å². The van der Waals surface area contributed by atoms with Gasteiger partial charge in [0.2, 0.25) is 23.6 Å². The molecule has 0 radical (unpaired) electrons. The highest BCUT2D eigenvalue weighted by atomic mass is 19.4. The molecule has 2 aromatic heterocycles. The van der Waals surface area contributed by atoms with Crippen LogP contribution in [0.4, 0.5) is 52.7 Å². The van der Waals surface area contributed by atoms with Gasteiger partial charge in [-0.25, -0.2) is 4.79 Å². The number of ether oxygens (including phenoxy) is 1. The lowest BCUT2D eigenvalue weighted by molar-refractivity contribution is -0.144. The second-order valence-corrected chi connectivity index (χ2v) is 10.3. The number of carbonyl (C=O) groups is 1. The van der Waals surface area contributed by atoms with E-state index in [1.165, 1.54) is 6.92 Å². The molecule has 0 saturated carbocycles. The molecule has 50 heavy (non-hydrogen) atoms. The lowest BCUT2D eigenvalue weighted by atomic mass is 10.0. The fraction of sp³-hybridized carbons (Fsp3) is 0.167. The molecule has 0 amide bonds. The molecule has 0 aliphatic heterocycles. The van der Waals surface area contributed by atoms with Gasteiger partial charge in [0.1, 0.15) is 5.75 Å². The molecule has 2 heterocycles. The lowest BCUT2D eigenvalue weighted by Gasteiger charge is -2.12. The van der Waals surface area contributed by atoms with Crippen molar-refractivity contribution in [1.29, 1.82) is 0 Å². The summed E-state index contributed by atoms with van der Waals surface area (Å²) in [6.45, 7) is 4.68. The second-order valence-electron chi connectivity index (χ2n) is 10.3. The summed E-state index contributed by atoms with van der Waals surface area (Å²) in [6, 6.07) is 4.32. The highest BCUT2D eigenvalue weighted by Crippen LogP contribution is 2.41. The number of aromatic nitrogens is 4. The van der Waals surface area contributed by atoms with E-state index >= 15 is 0 Å². The van der Waals surface area contributed by atoms with Crippen LogP contribution >= 0.6 is 0 Å². The smallest absolute Gasteiger partial charge is 0.416 e. The molecule has 0 unspecified atom stereocenters. The van der Waals surface area contributed by atoms with Gasteiger partial charge in [0.25, 0.3) is 0 Å². The molecule has 0 aliphatic carbocycles. The number of carbonyl (C=O) groups excluding carboxylic acids is 1. The minimum Gasteiger partial charge on any atom is -0.423 e. The Kier molecular flexibility index (Phi) is 8.78. The first-order valence-electron chi connectivity index (χ1n) is 13.3. The molecule has 262 valence electrons. The molecule has 5 rings (SSSR count). The van der Waals surface area contributed by atoms with Crippen LogP contribution in [0.1, 0.15) is 29.2 Å². The van der Waals surface area contributed by atoms with Gasteiger partial charge in [-0.3, -0.25) is 0 Å². The van der Waals surface area contributed by atoms with Crippen LogP contribution in [0.5, 0.6) is 5.75 Å². The molecule has 0 atom stereocenters. The summed E-state index contributed by atoms with van der Waals surface area (Å²) in [5, 5.41) is 14.3. The van der Waals surface area contributed by atoms with Crippen molar-refractivity contribution >= 4 is 5.97 Å². The van der Waals surface area contributed by atoms with Gasteiger partial charge in [0.15, 0.2) is 0 Å². The Morgan fingerprint density at radius 2 is 0.800 bits per heavy atom. The molecule has 0 aliphatic rings. The largest absolute Gasteiger partial charge is 0.423 e. The molecular weight excluding hydrogens is 708 g/mol.